The summed E-state index contributed by atoms with van der Waals surface area (Å²) in [7, 11) is 0. The molecule has 99 heavy (non-hydrogen) atoms. The van der Waals surface area contributed by atoms with Gasteiger partial charge in [-0.05, 0) is 95.8 Å². The Labute approximate surface area is 585 Å². The van der Waals surface area contributed by atoms with Crippen LogP contribution in [0.15, 0.2) is 296 Å². The quantitative estimate of drug-likeness (QED) is 0.0508. The molecule has 0 saturated heterocycles. The van der Waals surface area contributed by atoms with Crippen molar-refractivity contribution < 1.29 is 57.6 Å². The highest BCUT2D eigenvalue weighted by Crippen LogP contribution is 2.60. The molecule has 5 unspecified atom stereocenters. The molecule has 0 bridgehead atoms. The lowest BCUT2D eigenvalue weighted by atomic mass is 9.77. The Morgan fingerprint density at radius 3 is 0.939 bits per heavy atom. The molecular formula is C86H73BrO12. The molecule has 0 spiro atoms. The number of rotatable bonds is 27. The van der Waals surface area contributed by atoms with Gasteiger partial charge in [-0.2, -0.15) is 0 Å². The smallest absolute Gasteiger partial charge is 0.162 e. The average Bonchev–Trinajstić information content (AvgIpc) is 0.719. The van der Waals surface area contributed by atoms with Gasteiger partial charge in [0.15, 0.2) is 29.1 Å². The van der Waals surface area contributed by atoms with Crippen molar-refractivity contribution in [3.8, 4) is 57.5 Å². The molecular weight excluding hydrogens is 1300 g/mol. The van der Waals surface area contributed by atoms with Crippen LogP contribution in [-0.4, -0.2) is 22.4 Å². The van der Waals surface area contributed by atoms with Crippen LogP contribution >= 0.6 is 15.9 Å². The highest BCUT2D eigenvalue weighted by atomic mass is 79.9. The molecule has 0 aromatic heterocycles. The largest absolute Gasteiger partial charge is 0.488 e. The van der Waals surface area contributed by atoms with E-state index in [0.29, 0.717) is 89.8 Å². The zero-order valence-corrected chi connectivity index (χ0v) is 55.9. The van der Waals surface area contributed by atoms with Crippen LogP contribution in [0.5, 0.6) is 57.5 Å². The first kappa shape index (κ1) is 65.3. The summed E-state index contributed by atoms with van der Waals surface area (Å²) in [5.74, 6) is 3.02. The first-order chi connectivity index (χ1) is 48.8. The number of benzene rings is 12. The van der Waals surface area contributed by atoms with E-state index in [9.17, 15) is 10.2 Å². The molecule has 2 aliphatic heterocycles. The van der Waals surface area contributed by atoms with E-state index in [4.69, 9.17) is 47.4 Å². The lowest BCUT2D eigenvalue weighted by Crippen LogP contribution is -2.37. The van der Waals surface area contributed by atoms with Gasteiger partial charge in [0.2, 0.25) is 0 Å². The normalized spacial score (nSPS) is 16.0. The van der Waals surface area contributed by atoms with E-state index in [1.807, 2.05) is 291 Å². The van der Waals surface area contributed by atoms with Gasteiger partial charge in [-0.25, -0.2) is 0 Å². The van der Waals surface area contributed by atoms with Crippen molar-refractivity contribution >= 4 is 15.9 Å². The van der Waals surface area contributed by atoms with Crippen LogP contribution in [0.1, 0.15) is 90.5 Å². The minimum absolute atomic E-state index is 0.0536. The Hall–Kier alpha value is -11.0. The van der Waals surface area contributed by atoms with Crippen LogP contribution in [0.25, 0.3) is 0 Å². The summed E-state index contributed by atoms with van der Waals surface area (Å²) < 4.78 is 70.1. The van der Waals surface area contributed by atoms with Crippen LogP contribution in [0, 0.1) is 0 Å². The predicted molar refractivity (Wildman–Crippen MR) is 384 cm³/mol. The van der Waals surface area contributed by atoms with Crippen LogP contribution in [0.2, 0.25) is 0 Å². The minimum atomic E-state index is -1.45. The topological polar surface area (TPSA) is 133 Å². The second kappa shape index (κ2) is 31.5. The number of aliphatic hydroxyl groups excluding tert-OH is 2. The second-order valence-corrected chi connectivity index (χ2v) is 25.2. The van der Waals surface area contributed by atoms with Crippen molar-refractivity contribution in [2.75, 3.05) is 0 Å². The maximum absolute atomic E-state index is 14.2. The van der Waals surface area contributed by atoms with Gasteiger partial charge in [0, 0.05) is 35.2 Å². The van der Waals surface area contributed by atoms with Gasteiger partial charge in [0.1, 0.15) is 104 Å². The summed E-state index contributed by atoms with van der Waals surface area (Å²) >= 11 is 4.06. The standard InChI is InChI=1S/C86H73BrO12/c87-81-77(97-57-65-39-23-8-24-40-65)49-76(96-56-64-37-21-7-22-38-64)79-80(82(89)84(99-86(79)81)67-42-44-71(91-51-59-27-11-2-12-28-59)74(46-67)94-54-62-33-17-5-18-34-62)78-75(95-55-63-35-19-6-20-36-63)48-72(92-52-60-29-13-3-14-30-60)68-47-69(88)83(98-85(68)78)66-41-43-70(90-50-58-25-9-1-10-26-58)73(45-66)93-53-61-31-15-4-16-32-61/h1-46,48-49,69,80,82-84,88-89H,47,50-57H2. The monoisotopic (exact) mass is 1380 g/mol. The summed E-state index contributed by atoms with van der Waals surface area (Å²) in [6, 6.07) is 94.4. The van der Waals surface area contributed by atoms with Crippen molar-refractivity contribution in [3.05, 3.63) is 368 Å². The van der Waals surface area contributed by atoms with Crippen LogP contribution in [-0.2, 0) is 59.3 Å². The number of aliphatic hydroxyl groups is 2. The van der Waals surface area contributed by atoms with E-state index < -0.39 is 30.3 Å². The molecule has 0 amide bonds. The second-order valence-electron chi connectivity index (χ2n) is 24.4. The third-order valence-electron chi connectivity index (χ3n) is 17.5. The SMILES string of the molecule is OC1Cc2c(OCc3ccccc3)cc(OCc3ccccc3)c(C3c4c(OCc5ccccc5)cc(OCc5ccccc5)c(Br)c4OC(c4ccc(OCc5ccccc5)c(OCc5ccccc5)c4)C3O)c2OC1c1ccc(OCc2ccccc2)c(OCc2ccccc2)c1. The summed E-state index contributed by atoms with van der Waals surface area (Å²) in [6.07, 6.45) is -4.71. The highest BCUT2D eigenvalue weighted by Gasteiger charge is 2.48. The summed E-state index contributed by atoms with van der Waals surface area (Å²) in [4.78, 5) is 0. The van der Waals surface area contributed by atoms with Gasteiger partial charge in [0.05, 0.1) is 12.0 Å². The number of hydrogen-bond acceptors (Lipinski definition) is 12. The average molecular weight is 1380 g/mol. The molecule has 0 fully saturated rings. The number of fused-ring (bicyclic) bond motifs is 2. The summed E-state index contributed by atoms with van der Waals surface area (Å²) in [6.45, 7) is 1.67. The number of ether oxygens (including phenoxy) is 10. The zero-order chi connectivity index (χ0) is 67.1. The Balaban J connectivity index is 0.965. The van der Waals surface area contributed by atoms with E-state index in [1.54, 1.807) is 0 Å². The Morgan fingerprint density at radius 1 is 0.293 bits per heavy atom. The maximum atomic E-state index is 14.2. The van der Waals surface area contributed by atoms with Crippen molar-refractivity contribution in [2.24, 2.45) is 0 Å². The minimum Gasteiger partial charge on any atom is -0.488 e. The van der Waals surface area contributed by atoms with Gasteiger partial charge in [-0.3, -0.25) is 0 Å². The van der Waals surface area contributed by atoms with E-state index in [-0.39, 0.29) is 59.3 Å². The fourth-order valence-electron chi connectivity index (χ4n) is 12.5. The van der Waals surface area contributed by atoms with Gasteiger partial charge >= 0.3 is 0 Å². The summed E-state index contributed by atoms with van der Waals surface area (Å²) in [5.41, 5.74) is 10.2. The molecule has 496 valence electrons. The third kappa shape index (κ3) is 15.9. The zero-order valence-electron chi connectivity index (χ0n) is 54.3. The fraction of sp³-hybridized carbons (Fsp3) is 0.163. The van der Waals surface area contributed by atoms with Crippen LogP contribution in [0.3, 0.4) is 0 Å². The molecule has 13 heteroatoms. The van der Waals surface area contributed by atoms with Gasteiger partial charge < -0.3 is 57.6 Å². The Kier molecular flexibility index (Phi) is 20.8. The predicted octanol–water partition coefficient (Wildman–Crippen LogP) is 18.7. The van der Waals surface area contributed by atoms with Crippen molar-refractivity contribution in [3.63, 3.8) is 0 Å². The van der Waals surface area contributed by atoms with Gasteiger partial charge in [-0.1, -0.05) is 255 Å². The molecule has 0 aliphatic carbocycles. The molecule has 0 saturated carbocycles. The highest BCUT2D eigenvalue weighted by molar-refractivity contribution is 9.10. The molecule has 12 aromatic carbocycles. The molecule has 2 N–H and O–H groups in total. The Bertz CT molecular complexity index is 4590. The third-order valence-corrected chi connectivity index (χ3v) is 18.3. The van der Waals surface area contributed by atoms with E-state index in [0.717, 1.165) is 44.5 Å². The van der Waals surface area contributed by atoms with Crippen molar-refractivity contribution in [1.29, 1.82) is 0 Å². The molecule has 2 heterocycles. The fourth-order valence-corrected chi connectivity index (χ4v) is 13.0. The molecule has 12 aromatic rings. The molecule has 0 radical (unpaired) electrons. The van der Waals surface area contributed by atoms with E-state index in [2.05, 4.69) is 15.9 Å². The summed E-state index contributed by atoms with van der Waals surface area (Å²) in [5, 5.41) is 27.1. The van der Waals surface area contributed by atoms with Crippen LogP contribution in [0.4, 0.5) is 0 Å². The maximum Gasteiger partial charge on any atom is 0.162 e. The lowest BCUT2D eigenvalue weighted by molar-refractivity contribution is 0.0000800. The number of halogens is 1. The van der Waals surface area contributed by atoms with Crippen LogP contribution < -0.4 is 47.4 Å². The number of hydrogen-bond donors (Lipinski definition) is 2. The molecule has 14 rings (SSSR count). The molecule has 2 aliphatic rings. The Morgan fingerprint density at radius 2 is 0.576 bits per heavy atom. The first-order valence-electron chi connectivity index (χ1n) is 33.2. The first-order valence-corrected chi connectivity index (χ1v) is 34.0. The van der Waals surface area contributed by atoms with Gasteiger partial charge in [0.25, 0.3) is 0 Å². The van der Waals surface area contributed by atoms with Gasteiger partial charge in [-0.15, -0.1) is 0 Å². The van der Waals surface area contributed by atoms with Crippen molar-refractivity contribution in [2.45, 2.75) is 89.6 Å². The van der Waals surface area contributed by atoms with E-state index >= 15 is 0 Å². The van der Waals surface area contributed by atoms with E-state index in [1.165, 1.54) is 0 Å². The van der Waals surface area contributed by atoms with Crippen molar-refractivity contribution in [1.82, 2.24) is 0 Å². The molecule has 5 atom stereocenters. The lowest BCUT2D eigenvalue weighted by Gasteiger charge is -2.41. The molecule has 12 nitrogen and oxygen atoms in total.